The zero-order chi connectivity index (χ0) is 14.0. The standard InChI is InChI=1S/C14H24N2O2S/c1-9(2)18-13(17)16-14-6-3-4-10(8-14)11(5-7-14)12(15)19/h9-11H,3-8H2,1-2H3,(H2,15,19)(H,16,17). The van der Waals surface area contributed by atoms with Crippen molar-refractivity contribution < 1.29 is 9.53 Å². The van der Waals surface area contributed by atoms with Crippen molar-refractivity contribution in [1.82, 2.24) is 5.32 Å². The van der Waals surface area contributed by atoms with Crippen molar-refractivity contribution in [1.29, 1.82) is 0 Å². The molecule has 0 aromatic carbocycles. The molecule has 2 fully saturated rings. The van der Waals surface area contributed by atoms with Crippen molar-refractivity contribution in [3.8, 4) is 0 Å². The molecule has 0 heterocycles. The highest BCUT2D eigenvalue weighted by Gasteiger charge is 2.45. The molecule has 1 amide bonds. The van der Waals surface area contributed by atoms with Crippen LogP contribution in [-0.2, 0) is 4.74 Å². The molecule has 3 N–H and O–H groups in total. The number of nitrogens with one attached hydrogen (secondary N) is 1. The van der Waals surface area contributed by atoms with E-state index in [0.29, 0.717) is 16.8 Å². The second-order valence-corrected chi connectivity index (χ2v) is 6.73. The normalized spacial score (nSPS) is 33.8. The quantitative estimate of drug-likeness (QED) is 0.782. The van der Waals surface area contributed by atoms with Crippen molar-refractivity contribution in [2.24, 2.45) is 17.6 Å². The van der Waals surface area contributed by atoms with Crippen LogP contribution in [0, 0.1) is 11.8 Å². The van der Waals surface area contributed by atoms with E-state index in [1.165, 1.54) is 6.42 Å². The largest absolute Gasteiger partial charge is 0.447 e. The van der Waals surface area contributed by atoms with E-state index in [-0.39, 0.29) is 17.7 Å². The van der Waals surface area contributed by atoms with Crippen molar-refractivity contribution in [2.75, 3.05) is 0 Å². The monoisotopic (exact) mass is 284 g/mol. The van der Waals surface area contributed by atoms with Gasteiger partial charge in [-0.25, -0.2) is 4.79 Å². The molecule has 3 unspecified atom stereocenters. The summed E-state index contributed by atoms with van der Waals surface area (Å²) in [5.74, 6) is 0.880. The molecule has 0 radical (unpaired) electrons. The molecule has 5 heteroatoms. The summed E-state index contributed by atoms with van der Waals surface area (Å²) in [7, 11) is 0. The van der Waals surface area contributed by atoms with Crippen LogP contribution in [0.4, 0.5) is 4.79 Å². The minimum Gasteiger partial charge on any atom is -0.447 e. The minimum atomic E-state index is -0.288. The highest BCUT2D eigenvalue weighted by molar-refractivity contribution is 7.80. The Morgan fingerprint density at radius 3 is 2.79 bits per heavy atom. The third-order valence-electron chi connectivity index (χ3n) is 4.46. The SMILES string of the molecule is CC(C)OC(=O)NC12CCCC(C1)C(C(N)=S)CC2. The molecule has 2 aliphatic rings. The van der Waals surface area contributed by atoms with Crippen LogP contribution in [-0.4, -0.2) is 22.7 Å². The van der Waals surface area contributed by atoms with Crippen LogP contribution >= 0.6 is 12.2 Å². The number of hydrogen-bond donors (Lipinski definition) is 2. The highest BCUT2D eigenvalue weighted by atomic mass is 32.1. The van der Waals surface area contributed by atoms with E-state index in [2.05, 4.69) is 5.32 Å². The first kappa shape index (κ1) is 14.6. The summed E-state index contributed by atoms with van der Waals surface area (Å²) < 4.78 is 5.21. The van der Waals surface area contributed by atoms with Gasteiger partial charge in [0.05, 0.1) is 11.1 Å². The van der Waals surface area contributed by atoms with E-state index in [9.17, 15) is 4.79 Å². The number of carbonyl (C=O) groups is 1. The fourth-order valence-corrected chi connectivity index (χ4v) is 3.97. The van der Waals surface area contributed by atoms with Crippen LogP contribution in [0.2, 0.25) is 0 Å². The Morgan fingerprint density at radius 1 is 1.42 bits per heavy atom. The van der Waals surface area contributed by atoms with Gasteiger partial charge in [0.15, 0.2) is 0 Å². The van der Waals surface area contributed by atoms with E-state index >= 15 is 0 Å². The van der Waals surface area contributed by atoms with E-state index in [1.807, 2.05) is 13.8 Å². The summed E-state index contributed by atoms with van der Waals surface area (Å²) in [5, 5.41) is 3.11. The topological polar surface area (TPSA) is 64.3 Å². The lowest BCUT2D eigenvalue weighted by molar-refractivity contribution is 0.0662. The lowest BCUT2D eigenvalue weighted by atomic mass is 9.63. The zero-order valence-electron chi connectivity index (χ0n) is 11.8. The van der Waals surface area contributed by atoms with Gasteiger partial charge in [-0.3, -0.25) is 0 Å². The third-order valence-corrected chi connectivity index (χ3v) is 4.76. The highest BCUT2D eigenvalue weighted by Crippen LogP contribution is 2.45. The Hall–Kier alpha value is -0.840. The maximum Gasteiger partial charge on any atom is 0.407 e. The van der Waals surface area contributed by atoms with Gasteiger partial charge in [-0.05, 0) is 51.9 Å². The number of alkyl carbamates (subject to hydrolysis) is 1. The van der Waals surface area contributed by atoms with Crippen molar-refractivity contribution in [3.05, 3.63) is 0 Å². The molecule has 19 heavy (non-hydrogen) atoms. The van der Waals surface area contributed by atoms with Gasteiger partial charge in [0, 0.05) is 11.5 Å². The Bertz CT molecular complexity index is 372. The second-order valence-electron chi connectivity index (χ2n) is 6.26. The van der Waals surface area contributed by atoms with Gasteiger partial charge in [-0.1, -0.05) is 18.6 Å². The fourth-order valence-electron chi connectivity index (χ4n) is 3.66. The lowest BCUT2D eigenvalue weighted by Crippen LogP contribution is -2.56. The number of hydrogen-bond acceptors (Lipinski definition) is 3. The van der Waals surface area contributed by atoms with Gasteiger partial charge >= 0.3 is 6.09 Å². The Kier molecular flexibility index (Phi) is 4.33. The molecule has 3 atom stereocenters. The second kappa shape index (κ2) is 5.65. The number of thiocarbonyl (C=S) groups is 1. The number of rotatable bonds is 3. The molecular formula is C14H24N2O2S. The molecular weight excluding hydrogens is 260 g/mol. The zero-order valence-corrected chi connectivity index (χ0v) is 12.6. The molecule has 2 aliphatic carbocycles. The van der Waals surface area contributed by atoms with Crippen molar-refractivity contribution in [3.63, 3.8) is 0 Å². The number of ether oxygens (including phenoxy) is 1. The molecule has 0 aromatic rings. The number of fused-ring (bicyclic) bond motifs is 2. The summed E-state index contributed by atoms with van der Waals surface area (Å²) in [6, 6.07) is 0. The van der Waals surface area contributed by atoms with Crippen LogP contribution in [0.25, 0.3) is 0 Å². The van der Waals surface area contributed by atoms with E-state index < -0.39 is 0 Å². The molecule has 2 bridgehead atoms. The summed E-state index contributed by atoms with van der Waals surface area (Å²) in [4.78, 5) is 12.5. The molecule has 108 valence electrons. The fraction of sp³-hybridized carbons (Fsp3) is 0.857. The van der Waals surface area contributed by atoms with Crippen LogP contribution in [0.3, 0.4) is 0 Å². The maximum atomic E-state index is 11.8. The molecule has 0 saturated heterocycles. The first-order valence-corrected chi connectivity index (χ1v) is 7.61. The summed E-state index contributed by atoms with van der Waals surface area (Å²) in [6.07, 6.45) is 5.91. The van der Waals surface area contributed by atoms with Crippen molar-refractivity contribution >= 4 is 23.3 Å². The molecule has 0 aromatic heterocycles. The Morgan fingerprint density at radius 2 is 2.16 bits per heavy atom. The Balaban J connectivity index is 2.00. The average Bonchev–Trinajstić information content (AvgIpc) is 2.26. The molecule has 0 aliphatic heterocycles. The third kappa shape index (κ3) is 3.38. The van der Waals surface area contributed by atoms with Gasteiger partial charge in [0.25, 0.3) is 0 Å². The van der Waals surface area contributed by atoms with Crippen LogP contribution in [0.1, 0.15) is 52.4 Å². The predicted molar refractivity (Wildman–Crippen MR) is 79.0 cm³/mol. The summed E-state index contributed by atoms with van der Waals surface area (Å²) >= 11 is 5.17. The lowest BCUT2D eigenvalue weighted by Gasteiger charge is -2.48. The number of carbonyl (C=O) groups excluding carboxylic acids is 1. The Labute approximate surface area is 120 Å². The molecule has 0 spiro atoms. The van der Waals surface area contributed by atoms with Crippen LogP contribution < -0.4 is 11.1 Å². The summed E-state index contributed by atoms with van der Waals surface area (Å²) in [6.45, 7) is 3.73. The van der Waals surface area contributed by atoms with Gasteiger partial charge in [0.2, 0.25) is 0 Å². The van der Waals surface area contributed by atoms with E-state index in [4.69, 9.17) is 22.7 Å². The molecule has 2 rings (SSSR count). The van der Waals surface area contributed by atoms with E-state index in [1.54, 1.807) is 0 Å². The summed E-state index contributed by atoms with van der Waals surface area (Å²) in [5.41, 5.74) is 5.75. The smallest absolute Gasteiger partial charge is 0.407 e. The maximum absolute atomic E-state index is 11.8. The van der Waals surface area contributed by atoms with Crippen LogP contribution in [0.5, 0.6) is 0 Å². The van der Waals surface area contributed by atoms with Crippen molar-refractivity contribution in [2.45, 2.75) is 64.0 Å². The predicted octanol–water partition coefficient (Wildman–Crippen LogP) is 2.75. The number of nitrogens with two attached hydrogens (primary N) is 1. The molecule has 2 saturated carbocycles. The van der Waals surface area contributed by atoms with Gasteiger partial charge in [-0.15, -0.1) is 0 Å². The van der Waals surface area contributed by atoms with Gasteiger partial charge in [-0.2, -0.15) is 0 Å². The van der Waals surface area contributed by atoms with Gasteiger partial charge < -0.3 is 15.8 Å². The number of amides is 1. The minimum absolute atomic E-state index is 0.0799. The first-order chi connectivity index (χ1) is 8.92. The molecule has 4 nitrogen and oxygen atoms in total. The first-order valence-electron chi connectivity index (χ1n) is 7.20. The average molecular weight is 284 g/mol. The van der Waals surface area contributed by atoms with E-state index in [0.717, 1.165) is 32.1 Å². The van der Waals surface area contributed by atoms with Gasteiger partial charge in [0.1, 0.15) is 0 Å². The van der Waals surface area contributed by atoms with Crippen LogP contribution in [0.15, 0.2) is 0 Å².